The fourth-order valence-electron chi connectivity index (χ4n) is 1.44. The summed E-state index contributed by atoms with van der Waals surface area (Å²) in [5, 5.41) is 0. The highest BCUT2D eigenvalue weighted by Gasteiger charge is 2.28. The third kappa shape index (κ3) is 4.05. The Hall–Kier alpha value is -0.445. The number of hydrogen-bond acceptors (Lipinski definition) is 2. The summed E-state index contributed by atoms with van der Waals surface area (Å²) >= 11 is -1.03. The summed E-state index contributed by atoms with van der Waals surface area (Å²) in [6.45, 7) is 10.1. The minimum atomic E-state index is -1.03. The van der Waals surface area contributed by atoms with E-state index in [9.17, 15) is 4.55 Å². The van der Waals surface area contributed by atoms with Gasteiger partial charge in [-0.3, -0.25) is 0 Å². The topological polar surface area (TPSA) is 35.1 Å². The lowest BCUT2D eigenvalue weighted by Crippen LogP contribution is -2.40. The first-order valence-corrected chi connectivity index (χ1v) is 7.12. The van der Waals surface area contributed by atoms with Crippen LogP contribution in [-0.4, -0.2) is 17.1 Å². The van der Waals surface area contributed by atoms with Gasteiger partial charge in [0.05, 0.1) is 6.04 Å². The molecule has 0 radical (unpaired) electrons. The van der Waals surface area contributed by atoms with Crippen LogP contribution in [0, 0.1) is 6.92 Å². The lowest BCUT2D eigenvalue weighted by molar-refractivity contribution is 0.531. The summed E-state index contributed by atoms with van der Waals surface area (Å²) in [7, 11) is 2.10. The van der Waals surface area contributed by atoms with Gasteiger partial charge in [0.25, 0.3) is 0 Å². The summed E-state index contributed by atoms with van der Waals surface area (Å²) in [5.41, 5.74) is 3.75. The molecule has 0 heterocycles. The molecule has 0 aliphatic heterocycles. The highest BCUT2D eigenvalue weighted by atomic mass is 32.2. The van der Waals surface area contributed by atoms with Crippen molar-refractivity contribution >= 4 is 24.7 Å². The maximum Gasteiger partial charge on any atom is 0.139 e. The molecule has 0 aliphatic rings. The van der Waals surface area contributed by atoms with Crippen LogP contribution in [-0.2, 0) is 11.4 Å². The molecule has 0 aliphatic carbocycles. The number of aryl methyl sites for hydroxylation is 1. The average molecular weight is 251 g/mol. The predicted molar refractivity (Wildman–Crippen MR) is 78.8 cm³/mol. The summed E-state index contributed by atoms with van der Waals surface area (Å²) in [6.07, 6.45) is 0. The monoisotopic (exact) mass is 251 g/mol. The van der Waals surface area contributed by atoms with Crippen molar-refractivity contribution in [2.24, 2.45) is 0 Å². The zero-order valence-corrected chi connectivity index (χ0v) is 12.4. The second kappa shape index (κ2) is 5.47. The molecule has 4 heteroatoms. The van der Waals surface area contributed by atoms with Gasteiger partial charge in [0.2, 0.25) is 0 Å². The lowest BCUT2D eigenvalue weighted by atomic mass is 9.89. The molecule has 0 saturated heterocycles. The Morgan fingerprint density at radius 2 is 1.94 bits per heavy atom. The van der Waals surface area contributed by atoms with Gasteiger partial charge in [-0.25, -0.2) is 0 Å². The Morgan fingerprint density at radius 3 is 2.41 bits per heavy atom. The fourth-order valence-corrected chi connectivity index (χ4v) is 2.25. The van der Waals surface area contributed by atoms with Crippen LogP contribution < -0.4 is 10.2 Å². The third-order valence-electron chi connectivity index (χ3n) is 2.87. The van der Waals surface area contributed by atoms with Crippen LogP contribution in [0.25, 0.3) is 0 Å². The predicted octanol–water partition coefficient (Wildman–Crippen LogP) is 1.37. The van der Waals surface area contributed by atoms with Crippen LogP contribution in [0.4, 0.5) is 0 Å². The minimum Gasteiger partial charge on any atom is -0.598 e. The van der Waals surface area contributed by atoms with Gasteiger partial charge < -0.3 is 4.55 Å². The second-order valence-corrected chi connectivity index (χ2v) is 7.56. The van der Waals surface area contributed by atoms with Crippen LogP contribution in [0.5, 0.6) is 0 Å². The molecule has 0 spiro atoms. The van der Waals surface area contributed by atoms with Crippen LogP contribution in [0.2, 0.25) is 0 Å². The minimum absolute atomic E-state index is 0.106. The first-order valence-electron chi connectivity index (χ1n) is 5.97. The van der Waals surface area contributed by atoms with Crippen molar-refractivity contribution in [1.29, 1.82) is 0 Å². The van der Waals surface area contributed by atoms with Crippen molar-refractivity contribution in [2.75, 3.05) is 0 Å². The Balaban J connectivity index is 2.76. The molecule has 0 fully saturated rings. The van der Waals surface area contributed by atoms with Crippen molar-refractivity contribution < 1.29 is 4.55 Å². The van der Waals surface area contributed by atoms with Crippen LogP contribution in [0.15, 0.2) is 18.2 Å². The quantitative estimate of drug-likeness (QED) is 0.650. The SMILES string of the molecule is Bc1ccc([C@@H](C)N[S+]([O-])C(C)(C)C)cc1C. The van der Waals surface area contributed by atoms with Gasteiger partial charge in [0, 0.05) is 11.4 Å². The Morgan fingerprint density at radius 1 is 1.35 bits per heavy atom. The third-order valence-corrected chi connectivity index (χ3v) is 4.55. The van der Waals surface area contributed by atoms with Crippen molar-refractivity contribution in [1.82, 2.24) is 4.72 Å². The molecule has 17 heavy (non-hydrogen) atoms. The molecule has 0 aromatic heterocycles. The fraction of sp³-hybridized carbons (Fsp3) is 0.538. The van der Waals surface area contributed by atoms with Crippen molar-refractivity contribution in [3.05, 3.63) is 29.3 Å². The molecule has 1 N–H and O–H groups in total. The first-order chi connectivity index (χ1) is 7.71. The number of rotatable bonds is 3. The summed E-state index contributed by atoms with van der Waals surface area (Å²) in [4.78, 5) is 0. The van der Waals surface area contributed by atoms with E-state index in [2.05, 4.69) is 37.7 Å². The van der Waals surface area contributed by atoms with E-state index in [0.717, 1.165) is 0 Å². The first kappa shape index (κ1) is 14.6. The summed E-state index contributed by atoms with van der Waals surface area (Å²) in [6, 6.07) is 6.48. The zero-order valence-electron chi connectivity index (χ0n) is 11.6. The van der Waals surface area contributed by atoms with Gasteiger partial charge in [-0.05, 0) is 40.2 Å². The molecule has 2 nitrogen and oxygen atoms in total. The van der Waals surface area contributed by atoms with Gasteiger partial charge in [0.15, 0.2) is 0 Å². The van der Waals surface area contributed by atoms with Crippen LogP contribution >= 0.6 is 0 Å². The summed E-state index contributed by atoms with van der Waals surface area (Å²) < 4.78 is 14.9. The van der Waals surface area contributed by atoms with E-state index in [1.54, 1.807) is 0 Å². The van der Waals surface area contributed by atoms with Crippen LogP contribution in [0.3, 0.4) is 0 Å². The number of nitrogens with one attached hydrogen (secondary N) is 1. The molecule has 94 valence electrons. The zero-order chi connectivity index (χ0) is 13.2. The molecule has 1 aromatic carbocycles. The molecule has 0 saturated carbocycles. The summed E-state index contributed by atoms with van der Waals surface area (Å²) in [5.74, 6) is 0. The van der Waals surface area contributed by atoms with E-state index in [1.165, 1.54) is 16.6 Å². The second-order valence-electron chi connectivity index (χ2n) is 5.56. The van der Waals surface area contributed by atoms with E-state index >= 15 is 0 Å². The van der Waals surface area contributed by atoms with Crippen molar-refractivity contribution in [3.8, 4) is 0 Å². The molecular weight excluding hydrogens is 229 g/mol. The number of hydrogen-bond donors (Lipinski definition) is 1. The number of benzene rings is 1. The van der Waals surface area contributed by atoms with Gasteiger partial charge in [-0.2, -0.15) is 0 Å². The van der Waals surface area contributed by atoms with Gasteiger partial charge in [0.1, 0.15) is 12.6 Å². The van der Waals surface area contributed by atoms with Crippen molar-refractivity contribution in [3.63, 3.8) is 0 Å². The van der Waals surface area contributed by atoms with E-state index in [1.807, 2.05) is 27.7 Å². The molecular formula is C13H22BNOS. The Bertz CT molecular complexity index is 389. The molecule has 0 amide bonds. The van der Waals surface area contributed by atoms with E-state index in [4.69, 9.17) is 0 Å². The molecule has 0 bridgehead atoms. The van der Waals surface area contributed by atoms with E-state index < -0.39 is 11.4 Å². The van der Waals surface area contributed by atoms with Crippen molar-refractivity contribution in [2.45, 2.75) is 45.4 Å². The molecule has 1 unspecified atom stereocenters. The van der Waals surface area contributed by atoms with E-state index in [0.29, 0.717) is 0 Å². The van der Waals surface area contributed by atoms with E-state index in [-0.39, 0.29) is 10.8 Å². The maximum absolute atomic E-state index is 12.0. The molecule has 2 atom stereocenters. The standard InChI is InChI=1S/C13H22BNOS/c1-9-8-11(6-7-12(9)14)10(2)15-17(16)13(3,4)5/h6-8,10,15H,14H2,1-5H3/t10-,17?/m1/s1. The lowest BCUT2D eigenvalue weighted by Gasteiger charge is -2.26. The maximum atomic E-state index is 12.0. The highest BCUT2D eigenvalue weighted by molar-refractivity contribution is 7.90. The average Bonchev–Trinajstić information content (AvgIpc) is 2.20. The molecule has 1 aromatic rings. The normalized spacial score (nSPS) is 15.6. The smallest absolute Gasteiger partial charge is 0.139 e. The Labute approximate surface area is 109 Å². The van der Waals surface area contributed by atoms with Gasteiger partial charge in [-0.1, -0.05) is 29.2 Å². The van der Waals surface area contributed by atoms with Crippen LogP contribution in [0.1, 0.15) is 44.9 Å². The molecule has 1 rings (SSSR count). The highest BCUT2D eigenvalue weighted by Crippen LogP contribution is 2.19. The van der Waals surface area contributed by atoms with Gasteiger partial charge >= 0.3 is 0 Å². The Kier molecular flexibility index (Phi) is 4.70. The largest absolute Gasteiger partial charge is 0.598 e. The van der Waals surface area contributed by atoms with Gasteiger partial charge in [-0.15, -0.1) is 4.72 Å².